The van der Waals surface area contributed by atoms with Crippen molar-refractivity contribution in [2.45, 2.75) is 32.7 Å². The molecule has 3 aromatic heterocycles. The third-order valence-electron chi connectivity index (χ3n) is 3.85. The van der Waals surface area contributed by atoms with E-state index in [2.05, 4.69) is 16.6 Å². The van der Waals surface area contributed by atoms with E-state index in [1.165, 1.54) is 12.0 Å². The largest absolute Gasteiger partial charge is 0.469 e. The zero-order chi connectivity index (χ0) is 17.1. The molecule has 0 radical (unpaired) electrons. The number of aryl methyl sites for hydroxylation is 2. The van der Waals surface area contributed by atoms with Gasteiger partial charge in [0, 0.05) is 28.3 Å². The monoisotopic (exact) mass is 362 g/mol. The summed E-state index contributed by atoms with van der Waals surface area (Å²) >= 11 is 3.22. The average molecular weight is 362 g/mol. The van der Waals surface area contributed by atoms with Crippen molar-refractivity contribution in [3.63, 3.8) is 0 Å². The lowest BCUT2D eigenvalue weighted by atomic mass is 10.1. The van der Waals surface area contributed by atoms with Crippen LogP contribution in [-0.4, -0.2) is 22.6 Å². The summed E-state index contributed by atoms with van der Waals surface area (Å²) in [5.41, 5.74) is 0.983. The fourth-order valence-corrected chi connectivity index (χ4v) is 4.61. The highest BCUT2D eigenvalue weighted by atomic mass is 32.1. The summed E-state index contributed by atoms with van der Waals surface area (Å²) < 4.78 is 6.23. The molecule has 0 bridgehead atoms. The Kier molecular flexibility index (Phi) is 5.11. The van der Waals surface area contributed by atoms with Gasteiger partial charge in [-0.25, -0.2) is 4.98 Å². The second kappa shape index (κ2) is 7.27. The average Bonchev–Trinajstić information content (AvgIpc) is 3.23. The maximum Gasteiger partial charge on any atom is 0.305 e. The highest BCUT2D eigenvalue weighted by Crippen LogP contribution is 2.38. The summed E-state index contributed by atoms with van der Waals surface area (Å²) in [4.78, 5) is 31.7. The maximum atomic E-state index is 12.9. The Morgan fingerprint density at radius 2 is 2.25 bits per heavy atom. The Bertz CT molecular complexity index is 910. The Morgan fingerprint density at radius 3 is 2.92 bits per heavy atom. The van der Waals surface area contributed by atoms with Crippen molar-refractivity contribution in [1.82, 2.24) is 9.55 Å². The lowest BCUT2D eigenvalue weighted by molar-refractivity contribution is -0.140. The van der Waals surface area contributed by atoms with Gasteiger partial charge in [-0.05, 0) is 24.3 Å². The molecule has 0 saturated carbocycles. The van der Waals surface area contributed by atoms with E-state index in [9.17, 15) is 9.59 Å². The molecule has 24 heavy (non-hydrogen) atoms. The fourth-order valence-electron chi connectivity index (χ4n) is 2.66. The molecular weight excluding hydrogens is 344 g/mol. The van der Waals surface area contributed by atoms with Gasteiger partial charge in [-0.15, -0.1) is 22.7 Å². The molecule has 0 spiro atoms. The Labute approximate surface area is 147 Å². The number of fused-ring (bicyclic) bond motifs is 1. The van der Waals surface area contributed by atoms with E-state index in [4.69, 9.17) is 0 Å². The topological polar surface area (TPSA) is 61.2 Å². The number of hydrogen-bond acceptors (Lipinski definition) is 6. The number of hydrogen-bond donors (Lipinski definition) is 0. The van der Waals surface area contributed by atoms with Crippen molar-refractivity contribution < 1.29 is 9.53 Å². The SMILES string of the molecule is CCc1sc2ncn(CCCC(=O)OC)c(=O)c2c1-c1cccs1. The Morgan fingerprint density at radius 1 is 1.42 bits per heavy atom. The molecule has 0 fully saturated rings. The number of thiophene rings is 2. The van der Waals surface area contributed by atoms with Crippen molar-refractivity contribution in [2.24, 2.45) is 0 Å². The molecule has 3 aromatic rings. The number of carbonyl (C=O) groups is 1. The molecule has 3 rings (SSSR count). The smallest absolute Gasteiger partial charge is 0.305 e. The Balaban J connectivity index is 2.03. The number of methoxy groups -OCH3 is 1. The van der Waals surface area contributed by atoms with Gasteiger partial charge in [0.25, 0.3) is 5.56 Å². The molecule has 7 heteroatoms. The van der Waals surface area contributed by atoms with Gasteiger partial charge in [-0.3, -0.25) is 14.2 Å². The van der Waals surface area contributed by atoms with E-state index in [0.29, 0.717) is 24.8 Å². The maximum absolute atomic E-state index is 12.9. The minimum atomic E-state index is -0.264. The third kappa shape index (κ3) is 3.14. The van der Waals surface area contributed by atoms with Crippen LogP contribution in [0.25, 0.3) is 20.7 Å². The highest BCUT2D eigenvalue weighted by molar-refractivity contribution is 7.20. The minimum Gasteiger partial charge on any atom is -0.469 e. The standard InChI is InChI=1S/C17H18N2O3S2/c1-3-11-14(12-6-5-9-23-12)15-16(24-11)18-10-19(17(15)21)8-4-7-13(20)22-2/h5-6,9-10H,3-4,7-8H2,1-2H3. The zero-order valence-corrected chi connectivity index (χ0v) is 15.2. The number of carbonyl (C=O) groups excluding carboxylic acids is 1. The first-order valence-electron chi connectivity index (χ1n) is 7.77. The van der Waals surface area contributed by atoms with Gasteiger partial charge in [0.15, 0.2) is 0 Å². The molecule has 0 aromatic carbocycles. The number of rotatable bonds is 6. The minimum absolute atomic E-state index is 0.0378. The number of aromatic nitrogens is 2. The second-order valence-electron chi connectivity index (χ2n) is 5.33. The van der Waals surface area contributed by atoms with Crippen LogP contribution >= 0.6 is 22.7 Å². The van der Waals surface area contributed by atoms with E-state index in [1.54, 1.807) is 33.6 Å². The summed E-state index contributed by atoms with van der Waals surface area (Å²) in [5.74, 6) is -0.264. The van der Waals surface area contributed by atoms with Crippen LogP contribution in [0.15, 0.2) is 28.6 Å². The van der Waals surface area contributed by atoms with Gasteiger partial charge in [0.05, 0.1) is 18.8 Å². The normalized spacial score (nSPS) is 11.1. The zero-order valence-electron chi connectivity index (χ0n) is 13.6. The summed E-state index contributed by atoms with van der Waals surface area (Å²) in [6.45, 7) is 2.55. The first kappa shape index (κ1) is 16.9. The van der Waals surface area contributed by atoms with Crippen LogP contribution < -0.4 is 5.56 Å². The molecule has 5 nitrogen and oxygen atoms in total. The number of ether oxygens (including phenoxy) is 1. The van der Waals surface area contributed by atoms with Gasteiger partial charge < -0.3 is 4.74 Å². The predicted octanol–water partition coefficient (Wildman–Crippen LogP) is 3.70. The summed E-state index contributed by atoms with van der Waals surface area (Å²) in [5, 5.41) is 2.71. The van der Waals surface area contributed by atoms with Gasteiger partial charge >= 0.3 is 5.97 Å². The second-order valence-corrected chi connectivity index (χ2v) is 7.37. The first-order valence-corrected chi connectivity index (χ1v) is 9.46. The van der Waals surface area contributed by atoms with Crippen LogP contribution in [-0.2, 0) is 22.5 Å². The molecule has 126 valence electrons. The van der Waals surface area contributed by atoms with Crippen LogP contribution in [0, 0.1) is 0 Å². The highest BCUT2D eigenvalue weighted by Gasteiger charge is 2.18. The number of esters is 1. The van der Waals surface area contributed by atoms with Crippen molar-refractivity contribution in [3.8, 4) is 10.4 Å². The first-order chi connectivity index (χ1) is 11.7. The molecular formula is C17H18N2O3S2. The molecule has 0 atom stereocenters. The van der Waals surface area contributed by atoms with Crippen molar-refractivity contribution in [1.29, 1.82) is 0 Å². The summed E-state index contributed by atoms with van der Waals surface area (Å²) in [7, 11) is 1.37. The summed E-state index contributed by atoms with van der Waals surface area (Å²) in [6.07, 6.45) is 3.30. The van der Waals surface area contributed by atoms with Gasteiger partial charge in [0.1, 0.15) is 4.83 Å². The van der Waals surface area contributed by atoms with Crippen LogP contribution in [0.1, 0.15) is 24.6 Å². The third-order valence-corrected chi connectivity index (χ3v) is 5.98. The van der Waals surface area contributed by atoms with Crippen molar-refractivity contribution in [3.05, 3.63) is 39.1 Å². The van der Waals surface area contributed by atoms with Gasteiger partial charge in [0.2, 0.25) is 0 Å². The molecule has 0 N–H and O–H groups in total. The molecule has 0 aliphatic carbocycles. The van der Waals surface area contributed by atoms with Crippen LogP contribution in [0.5, 0.6) is 0 Å². The van der Waals surface area contributed by atoms with Crippen molar-refractivity contribution >= 4 is 38.9 Å². The molecule has 0 saturated heterocycles. The van der Waals surface area contributed by atoms with Crippen molar-refractivity contribution in [2.75, 3.05) is 7.11 Å². The molecule has 0 aliphatic rings. The summed E-state index contributed by atoms with van der Waals surface area (Å²) in [6, 6.07) is 4.04. The van der Waals surface area contributed by atoms with Crippen LogP contribution in [0.3, 0.4) is 0 Å². The lowest BCUT2D eigenvalue weighted by Crippen LogP contribution is -2.21. The van der Waals surface area contributed by atoms with Crippen LogP contribution in [0.4, 0.5) is 0 Å². The van der Waals surface area contributed by atoms with E-state index in [1.807, 2.05) is 17.5 Å². The predicted molar refractivity (Wildman–Crippen MR) is 97.8 cm³/mol. The van der Waals surface area contributed by atoms with Gasteiger partial charge in [-0.2, -0.15) is 0 Å². The van der Waals surface area contributed by atoms with E-state index in [-0.39, 0.29) is 11.5 Å². The molecule has 0 aliphatic heterocycles. The molecule has 3 heterocycles. The number of nitrogens with zero attached hydrogens (tertiary/aromatic N) is 2. The fraction of sp³-hybridized carbons (Fsp3) is 0.353. The van der Waals surface area contributed by atoms with Gasteiger partial charge in [-0.1, -0.05) is 13.0 Å². The Hall–Kier alpha value is -1.99. The van der Waals surface area contributed by atoms with E-state index >= 15 is 0 Å². The van der Waals surface area contributed by atoms with E-state index in [0.717, 1.165) is 21.7 Å². The lowest BCUT2D eigenvalue weighted by Gasteiger charge is -2.05. The van der Waals surface area contributed by atoms with E-state index < -0.39 is 0 Å². The quantitative estimate of drug-likeness (QED) is 0.627. The molecule has 0 amide bonds. The van der Waals surface area contributed by atoms with Crippen LogP contribution in [0.2, 0.25) is 0 Å². The molecule has 0 unspecified atom stereocenters.